The predicted molar refractivity (Wildman–Crippen MR) is 93.9 cm³/mol. The lowest BCUT2D eigenvalue weighted by atomic mass is 9.98. The summed E-state index contributed by atoms with van der Waals surface area (Å²) in [7, 11) is 0. The van der Waals surface area contributed by atoms with Crippen LogP contribution < -0.4 is 5.32 Å². The molecule has 6 nitrogen and oxygen atoms in total. The Morgan fingerprint density at radius 2 is 2.16 bits per heavy atom. The topological polar surface area (TPSA) is 63.1 Å². The fourth-order valence-electron chi connectivity index (χ4n) is 3.31. The van der Waals surface area contributed by atoms with Gasteiger partial charge in [-0.05, 0) is 51.7 Å². The largest absolute Gasteiger partial charge is 0.324 e. The van der Waals surface area contributed by atoms with Gasteiger partial charge in [-0.1, -0.05) is 6.07 Å². The minimum Gasteiger partial charge on any atom is -0.324 e. The SMILES string of the molecule is Cc1nc(C)n(CC2CCCN(C(=O)Nc3cccc(F)c3C)C2)n1. The van der Waals surface area contributed by atoms with Crippen LogP contribution in [0.1, 0.15) is 30.1 Å². The van der Waals surface area contributed by atoms with Crippen molar-refractivity contribution in [2.75, 3.05) is 18.4 Å². The molecule has 7 heteroatoms. The number of hydrogen-bond acceptors (Lipinski definition) is 3. The van der Waals surface area contributed by atoms with Gasteiger partial charge in [-0.2, -0.15) is 5.10 Å². The van der Waals surface area contributed by atoms with Crippen LogP contribution in [0.15, 0.2) is 18.2 Å². The molecular formula is C18H24FN5O. The quantitative estimate of drug-likeness (QED) is 0.928. The summed E-state index contributed by atoms with van der Waals surface area (Å²) in [6.45, 7) is 7.63. The molecule has 1 atom stereocenters. The average Bonchev–Trinajstić information content (AvgIpc) is 2.89. The minimum absolute atomic E-state index is 0.176. The summed E-state index contributed by atoms with van der Waals surface area (Å²) < 4.78 is 15.6. The summed E-state index contributed by atoms with van der Waals surface area (Å²) >= 11 is 0. The summed E-state index contributed by atoms with van der Waals surface area (Å²) in [6.07, 6.45) is 2.01. The number of carbonyl (C=O) groups is 1. The summed E-state index contributed by atoms with van der Waals surface area (Å²) in [4.78, 5) is 18.7. The van der Waals surface area contributed by atoms with Gasteiger partial charge in [0.15, 0.2) is 0 Å². The second kappa shape index (κ2) is 7.21. The van der Waals surface area contributed by atoms with E-state index >= 15 is 0 Å². The zero-order valence-electron chi connectivity index (χ0n) is 14.9. The van der Waals surface area contributed by atoms with Gasteiger partial charge in [0.2, 0.25) is 0 Å². The van der Waals surface area contributed by atoms with Gasteiger partial charge in [-0.3, -0.25) is 0 Å². The maximum absolute atomic E-state index is 13.6. The molecule has 25 heavy (non-hydrogen) atoms. The molecule has 0 saturated carbocycles. The lowest BCUT2D eigenvalue weighted by Crippen LogP contribution is -2.43. The zero-order valence-corrected chi connectivity index (χ0v) is 14.9. The van der Waals surface area contributed by atoms with Crippen LogP contribution in [0.2, 0.25) is 0 Å². The molecule has 1 N–H and O–H groups in total. The Morgan fingerprint density at radius 3 is 2.88 bits per heavy atom. The highest BCUT2D eigenvalue weighted by Crippen LogP contribution is 2.22. The number of carbonyl (C=O) groups excluding carboxylic acids is 1. The second-order valence-corrected chi connectivity index (χ2v) is 6.69. The van der Waals surface area contributed by atoms with E-state index in [1.54, 1.807) is 24.0 Å². The van der Waals surface area contributed by atoms with E-state index in [0.717, 1.165) is 31.0 Å². The molecule has 0 aliphatic carbocycles. The van der Waals surface area contributed by atoms with Crippen molar-refractivity contribution in [3.63, 3.8) is 0 Å². The van der Waals surface area contributed by atoms with Crippen LogP contribution in [-0.4, -0.2) is 38.8 Å². The van der Waals surface area contributed by atoms with Crippen LogP contribution in [0.25, 0.3) is 0 Å². The first kappa shape index (κ1) is 17.4. The van der Waals surface area contributed by atoms with Crippen LogP contribution >= 0.6 is 0 Å². The number of rotatable bonds is 3. The normalized spacial score (nSPS) is 17.6. The number of nitrogens with one attached hydrogen (secondary N) is 1. The molecule has 0 spiro atoms. The maximum Gasteiger partial charge on any atom is 0.321 e. The Bertz CT molecular complexity index is 773. The van der Waals surface area contributed by atoms with Crippen molar-refractivity contribution in [1.29, 1.82) is 0 Å². The van der Waals surface area contributed by atoms with Crippen LogP contribution in [0.5, 0.6) is 0 Å². The molecule has 1 aromatic carbocycles. The number of aryl methyl sites for hydroxylation is 2. The molecule has 2 amide bonds. The van der Waals surface area contributed by atoms with Crippen molar-refractivity contribution in [3.05, 3.63) is 41.2 Å². The van der Waals surface area contributed by atoms with Crippen molar-refractivity contribution in [2.45, 2.75) is 40.2 Å². The van der Waals surface area contributed by atoms with Crippen molar-refractivity contribution in [2.24, 2.45) is 5.92 Å². The summed E-state index contributed by atoms with van der Waals surface area (Å²) in [5.74, 6) is 1.69. The zero-order chi connectivity index (χ0) is 18.0. The van der Waals surface area contributed by atoms with Crippen LogP contribution in [0.3, 0.4) is 0 Å². The number of aromatic nitrogens is 3. The van der Waals surface area contributed by atoms with E-state index in [-0.39, 0.29) is 11.8 Å². The Kier molecular flexibility index (Phi) is 5.01. The average molecular weight is 345 g/mol. The van der Waals surface area contributed by atoms with Crippen LogP contribution in [0.4, 0.5) is 14.9 Å². The Hall–Kier alpha value is -2.44. The molecule has 0 bridgehead atoms. The summed E-state index contributed by atoms with van der Waals surface area (Å²) in [5, 5.41) is 7.24. The van der Waals surface area contributed by atoms with Gasteiger partial charge in [0.05, 0.1) is 0 Å². The molecule has 1 aliphatic heterocycles. The number of hydrogen-bond donors (Lipinski definition) is 1. The number of piperidine rings is 1. The molecule has 0 radical (unpaired) electrons. The van der Waals surface area contributed by atoms with Gasteiger partial charge in [0.25, 0.3) is 0 Å². The van der Waals surface area contributed by atoms with Crippen molar-refractivity contribution in [1.82, 2.24) is 19.7 Å². The number of anilines is 1. The first-order valence-electron chi connectivity index (χ1n) is 8.63. The van der Waals surface area contributed by atoms with Crippen molar-refractivity contribution < 1.29 is 9.18 Å². The smallest absolute Gasteiger partial charge is 0.321 e. The maximum atomic E-state index is 13.6. The van der Waals surface area contributed by atoms with E-state index in [9.17, 15) is 9.18 Å². The van der Waals surface area contributed by atoms with Gasteiger partial charge in [-0.25, -0.2) is 18.9 Å². The molecule has 2 aromatic rings. The highest BCUT2D eigenvalue weighted by atomic mass is 19.1. The lowest BCUT2D eigenvalue weighted by molar-refractivity contribution is 0.168. The third kappa shape index (κ3) is 3.97. The van der Waals surface area contributed by atoms with Crippen molar-refractivity contribution in [3.8, 4) is 0 Å². The number of amides is 2. The van der Waals surface area contributed by atoms with Gasteiger partial charge in [-0.15, -0.1) is 0 Å². The first-order chi connectivity index (χ1) is 11.9. The number of urea groups is 1. The molecule has 3 rings (SSSR count). The van der Waals surface area contributed by atoms with Gasteiger partial charge < -0.3 is 10.2 Å². The van der Waals surface area contributed by atoms with Gasteiger partial charge in [0.1, 0.15) is 17.5 Å². The van der Waals surface area contributed by atoms with E-state index in [2.05, 4.69) is 15.4 Å². The Morgan fingerprint density at radius 1 is 1.36 bits per heavy atom. The monoisotopic (exact) mass is 345 g/mol. The highest BCUT2D eigenvalue weighted by molar-refractivity contribution is 5.90. The number of halogens is 1. The molecule has 1 aliphatic rings. The molecule has 1 saturated heterocycles. The minimum atomic E-state index is -0.314. The van der Waals surface area contributed by atoms with E-state index in [1.807, 2.05) is 18.5 Å². The Labute approximate surface area is 147 Å². The van der Waals surface area contributed by atoms with Gasteiger partial charge in [0, 0.05) is 30.9 Å². The third-order valence-corrected chi connectivity index (χ3v) is 4.71. The fourth-order valence-corrected chi connectivity index (χ4v) is 3.31. The first-order valence-corrected chi connectivity index (χ1v) is 8.63. The Balaban J connectivity index is 1.63. The molecule has 1 unspecified atom stereocenters. The summed E-state index contributed by atoms with van der Waals surface area (Å²) in [5.41, 5.74) is 0.980. The number of benzene rings is 1. The lowest BCUT2D eigenvalue weighted by Gasteiger charge is -2.33. The molecule has 1 fully saturated rings. The third-order valence-electron chi connectivity index (χ3n) is 4.71. The number of nitrogens with zero attached hydrogens (tertiary/aromatic N) is 4. The van der Waals surface area contributed by atoms with E-state index in [4.69, 9.17) is 0 Å². The van der Waals surface area contributed by atoms with E-state index < -0.39 is 0 Å². The number of likely N-dealkylation sites (tertiary alicyclic amines) is 1. The van der Waals surface area contributed by atoms with E-state index in [1.165, 1.54) is 6.07 Å². The fraction of sp³-hybridized carbons (Fsp3) is 0.500. The van der Waals surface area contributed by atoms with Crippen LogP contribution in [-0.2, 0) is 6.54 Å². The molecular weight excluding hydrogens is 321 g/mol. The van der Waals surface area contributed by atoms with Gasteiger partial charge >= 0.3 is 6.03 Å². The molecule has 134 valence electrons. The second-order valence-electron chi connectivity index (χ2n) is 6.69. The molecule has 2 heterocycles. The predicted octanol–water partition coefficient (Wildman–Crippen LogP) is 3.29. The van der Waals surface area contributed by atoms with Crippen molar-refractivity contribution >= 4 is 11.7 Å². The highest BCUT2D eigenvalue weighted by Gasteiger charge is 2.25. The summed E-state index contributed by atoms with van der Waals surface area (Å²) in [6, 6.07) is 4.54. The van der Waals surface area contributed by atoms with E-state index in [0.29, 0.717) is 30.3 Å². The standard InChI is InChI=1S/C18H24FN5O/c1-12-16(19)7-4-8-17(12)21-18(25)23-9-5-6-15(10-23)11-24-14(3)20-13(2)22-24/h4,7-8,15H,5-6,9-11H2,1-3H3,(H,21,25). The van der Waals surface area contributed by atoms with Crippen LogP contribution in [0, 0.1) is 32.5 Å². The molecule has 1 aromatic heterocycles.